The summed E-state index contributed by atoms with van der Waals surface area (Å²) in [4.78, 5) is 11.0. The number of rotatable bonds is 5. The third-order valence-corrected chi connectivity index (χ3v) is 2.74. The van der Waals surface area contributed by atoms with Gasteiger partial charge in [-0.3, -0.25) is 9.35 Å². The summed E-state index contributed by atoms with van der Waals surface area (Å²) in [6.07, 6.45) is 0.939. The van der Waals surface area contributed by atoms with E-state index < -0.39 is 27.1 Å². The first-order valence-corrected chi connectivity index (χ1v) is 5.42. The van der Waals surface area contributed by atoms with E-state index in [1.165, 1.54) is 13.8 Å². The van der Waals surface area contributed by atoms with Crippen LogP contribution < -0.4 is 0 Å². The second kappa shape index (κ2) is 5.91. The van der Waals surface area contributed by atoms with Gasteiger partial charge in [-0.1, -0.05) is 20.4 Å². The van der Waals surface area contributed by atoms with Crippen molar-refractivity contribution < 1.29 is 17.8 Å². The molecule has 0 aromatic carbocycles. The Bertz CT molecular complexity index is 372. The molecule has 0 spiro atoms. The van der Waals surface area contributed by atoms with Gasteiger partial charge in [0.2, 0.25) is 0 Å². The third-order valence-electron chi connectivity index (χ3n) is 1.65. The molecule has 0 saturated carbocycles. The van der Waals surface area contributed by atoms with Crippen LogP contribution in [0.25, 0.3) is 0 Å². The van der Waals surface area contributed by atoms with Gasteiger partial charge in [-0.25, -0.2) is 0 Å². The molecule has 0 amide bonds. The summed E-state index contributed by atoms with van der Waals surface area (Å²) in [6, 6.07) is 0. The van der Waals surface area contributed by atoms with Gasteiger partial charge < -0.3 is 5.41 Å². The third kappa shape index (κ3) is 6.21. The van der Waals surface area contributed by atoms with Gasteiger partial charge >= 0.3 is 29.6 Å². The van der Waals surface area contributed by atoms with E-state index in [-0.39, 0.29) is 35.3 Å². The number of carbonyl (C=O) groups is 1. The molecule has 7 heteroatoms. The van der Waals surface area contributed by atoms with Crippen molar-refractivity contribution in [3.8, 4) is 0 Å². The molecule has 15 heavy (non-hydrogen) atoms. The number of hydrogen-bond donors (Lipinski definition) is 2. The molecule has 0 rings (SSSR count). The maximum absolute atomic E-state index is 11.0. The van der Waals surface area contributed by atoms with Crippen LogP contribution in [0.2, 0.25) is 0 Å². The minimum atomic E-state index is -4.20. The van der Waals surface area contributed by atoms with Gasteiger partial charge in [0.25, 0.3) is 10.1 Å². The molecular formula is C8H14NNaO4S. The first-order valence-electron chi connectivity index (χ1n) is 3.81. The zero-order chi connectivity index (χ0) is 11.6. The van der Waals surface area contributed by atoms with Crippen LogP contribution in [-0.2, 0) is 14.9 Å². The van der Waals surface area contributed by atoms with Gasteiger partial charge in [0, 0.05) is 5.41 Å². The molecule has 0 aromatic heterocycles. The minimum absolute atomic E-state index is 0. The first kappa shape index (κ1) is 17.4. The molecule has 0 atom stereocenters. The predicted octanol–water partition coefficient (Wildman–Crippen LogP) is 0.0268. The van der Waals surface area contributed by atoms with Crippen molar-refractivity contribution >= 4 is 51.2 Å². The van der Waals surface area contributed by atoms with Crippen LogP contribution in [0.3, 0.4) is 0 Å². The fourth-order valence-corrected chi connectivity index (χ4v) is 2.02. The number of allylic oxidation sites excluding steroid dienone is 1. The van der Waals surface area contributed by atoms with Crippen molar-refractivity contribution in [1.29, 1.82) is 5.41 Å². The molecule has 82 valence electrons. The van der Waals surface area contributed by atoms with Crippen molar-refractivity contribution in [1.82, 2.24) is 0 Å². The fourth-order valence-electron chi connectivity index (χ4n) is 0.964. The van der Waals surface area contributed by atoms with Crippen molar-refractivity contribution in [3.05, 3.63) is 12.7 Å². The van der Waals surface area contributed by atoms with Gasteiger partial charge in [-0.05, 0) is 6.08 Å². The van der Waals surface area contributed by atoms with E-state index in [1.54, 1.807) is 0 Å². The monoisotopic (exact) mass is 243 g/mol. The van der Waals surface area contributed by atoms with Gasteiger partial charge in [-0.15, -0.1) is 0 Å². The SMILES string of the molecule is C=CC(=O)C(=N)C(C)(C)CS(=O)(=O)O.[NaH]. The Morgan fingerprint density at radius 3 is 2.20 bits per heavy atom. The van der Waals surface area contributed by atoms with Crippen LogP contribution in [0.15, 0.2) is 12.7 Å². The Hall–Kier alpha value is -0.0100. The molecule has 0 fully saturated rings. The molecule has 0 aliphatic heterocycles. The summed E-state index contributed by atoms with van der Waals surface area (Å²) >= 11 is 0. The van der Waals surface area contributed by atoms with Crippen LogP contribution in [0.5, 0.6) is 0 Å². The van der Waals surface area contributed by atoms with Gasteiger partial charge in [0.15, 0.2) is 5.78 Å². The van der Waals surface area contributed by atoms with E-state index in [9.17, 15) is 13.2 Å². The summed E-state index contributed by atoms with van der Waals surface area (Å²) < 4.78 is 29.8. The van der Waals surface area contributed by atoms with Crippen LogP contribution in [0.1, 0.15) is 13.8 Å². The van der Waals surface area contributed by atoms with Gasteiger partial charge in [0.05, 0.1) is 11.5 Å². The summed E-state index contributed by atoms with van der Waals surface area (Å²) in [5.74, 6) is -1.29. The maximum atomic E-state index is 11.0. The Balaban J connectivity index is 0. The van der Waals surface area contributed by atoms with Crippen molar-refractivity contribution in [2.45, 2.75) is 13.8 Å². The van der Waals surface area contributed by atoms with Gasteiger partial charge in [0.1, 0.15) is 0 Å². The van der Waals surface area contributed by atoms with E-state index in [1.807, 2.05) is 0 Å². The zero-order valence-electron chi connectivity index (χ0n) is 8.07. The molecule has 0 bridgehead atoms. The number of hydrogen-bond acceptors (Lipinski definition) is 4. The Morgan fingerprint density at radius 1 is 1.53 bits per heavy atom. The molecule has 0 aliphatic rings. The normalized spacial score (nSPS) is 11.4. The average Bonchev–Trinajstić information content (AvgIpc) is 1.97. The van der Waals surface area contributed by atoms with Crippen LogP contribution in [-0.4, -0.2) is 59.8 Å². The molecule has 0 heterocycles. The zero-order valence-corrected chi connectivity index (χ0v) is 8.89. The van der Waals surface area contributed by atoms with Crippen LogP contribution in [0, 0.1) is 10.8 Å². The molecule has 0 aliphatic carbocycles. The van der Waals surface area contributed by atoms with E-state index in [0.717, 1.165) is 6.08 Å². The van der Waals surface area contributed by atoms with Crippen molar-refractivity contribution in [2.75, 3.05) is 5.75 Å². The van der Waals surface area contributed by atoms with E-state index in [0.29, 0.717) is 0 Å². The van der Waals surface area contributed by atoms with Crippen LogP contribution >= 0.6 is 0 Å². The van der Waals surface area contributed by atoms with Crippen molar-refractivity contribution in [3.63, 3.8) is 0 Å². The van der Waals surface area contributed by atoms with Crippen LogP contribution in [0.4, 0.5) is 0 Å². The second-order valence-corrected chi connectivity index (χ2v) is 5.01. The number of ketones is 1. The first-order chi connectivity index (χ1) is 6.10. The predicted molar refractivity (Wildman–Crippen MR) is 60.3 cm³/mol. The van der Waals surface area contributed by atoms with E-state index in [4.69, 9.17) is 9.96 Å². The average molecular weight is 243 g/mol. The summed E-state index contributed by atoms with van der Waals surface area (Å²) in [7, 11) is -4.20. The second-order valence-electron chi connectivity index (χ2n) is 3.55. The molecule has 0 saturated heterocycles. The standard InChI is InChI=1S/C8H13NO4S.Na.H/c1-4-6(10)7(9)8(2,3)5-14(11,12)13;;/h4,9H,1,5H2,2-3H3,(H,11,12,13);;. The summed E-state index contributed by atoms with van der Waals surface area (Å²) in [6.45, 7) is 5.98. The van der Waals surface area contributed by atoms with E-state index in [2.05, 4.69) is 6.58 Å². The molecule has 2 N–H and O–H groups in total. The molecule has 5 nitrogen and oxygen atoms in total. The fraction of sp³-hybridized carbons (Fsp3) is 0.500. The molecule has 0 unspecified atom stereocenters. The number of nitrogens with one attached hydrogen (secondary N) is 1. The quantitative estimate of drug-likeness (QED) is 0.308. The molecule has 0 radical (unpaired) electrons. The Kier molecular flexibility index (Phi) is 6.85. The number of carbonyl (C=O) groups excluding carboxylic acids is 1. The summed E-state index contributed by atoms with van der Waals surface area (Å²) in [5.41, 5.74) is -1.59. The van der Waals surface area contributed by atoms with E-state index >= 15 is 0 Å². The Labute approximate surface area is 111 Å². The Morgan fingerprint density at radius 2 is 1.93 bits per heavy atom. The molecular weight excluding hydrogens is 229 g/mol. The summed E-state index contributed by atoms with van der Waals surface area (Å²) in [5, 5.41) is 7.38. The van der Waals surface area contributed by atoms with Crippen molar-refractivity contribution in [2.24, 2.45) is 5.41 Å². The van der Waals surface area contributed by atoms with Gasteiger partial charge in [-0.2, -0.15) is 8.42 Å². The topological polar surface area (TPSA) is 95.3 Å². The molecule has 0 aromatic rings.